The molecule has 0 spiro atoms. The number of carbonyl (C=O) groups excluding carboxylic acids is 1. The lowest BCUT2D eigenvalue weighted by molar-refractivity contribution is -0.139. The number of rotatable bonds is 13. The van der Waals surface area contributed by atoms with Gasteiger partial charge in [0.1, 0.15) is 18.5 Å². The van der Waals surface area contributed by atoms with E-state index in [1.807, 2.05) is 30.3 Å². The molecular formula is C27H36N4O4. The summed E-state index contributed by atoms with van der Waals surface area (Å²) in [7, 11) is 0. The van der Waals surface area contributed by atoms with Crippen LogP contribution in [-0.4, -0.2) is 58.8 Å². The number of aliphatic carboxylic acids is 1. The number of amides is 1. The van der Waals surface area contributed by atoms with Gasteiger partial charge in [0.15, 0.2) is 0 Å². The number of unbranched alkanes of at least 4 members (excludes halogenated alkanes) is 1. The number of aryl methyl sites for hydroxylation is 2. The molecule has 8 nitrogen and oxygen atoms in total. The van der Waals surface area contributed by atoms with Crippen molar-refractivity contribution >= 4 is 17.9 Å². The van der Waals surface area contributed by atoms with Crippen LogP contribution in [0.25, 0.3) is 0 Å². The summed E-state index contributed by atoms with van der Waals surface area (Å²) in [5, 5.41) is 15.5. The van der Waals surface area contributed by atoms with Crippen LogP contribution in [0.1, 0.15) is 55.3 Å². The average Bonchev–Trinajstić information content (AvgIpc) is 3.72. The molecule has 188 valence electrons. The van der Waals surface area contributed by atoms with E-state index >= 15 is 0 Å². The summed E-state index contributed by atoms with van der Waals surface area (Å²) in [6, 6.07) is 13.2. The normalized spacial score (nSPS) is 15.7. The molecule has 1 aliphatic carbocycles. The molecule has 1 aromatic carbocycles. The largest absolute Gasteiger partial charge is 0.480 e. The Balaban J connectivity index is 1.18. The number of nitrogens with one attached hydrogen (secondary N) is 2. The van der Waals surface area contributed by atoms with Gasteiger partial charge in [-0.1, -0.05) is 36.4 Å². The van der Waals surface area contributed by atoms with Gasteiger partial charge in [-0.05, 0) is 75.1 Å². The fourth-order valence-electron chi connectivity index (χ4n) is 4.51. The maximum Gasteiger partial charge on any atom is 0.408 e. The van der Waals surface area contributed by atoms with Crippen LogP contribution in [0.2, 0.25) is 0 Å². The van der Waals surface area contributed by atoms with Gasteiger partial charge in [0.25, 0.3) is 0 Å². The number of aromatic nitrogens is 1. The number of carbonyl (C=O) groups is 2. The highest BCUT2D eigenvalue weighted by Crippen LogP contribution is 2.27. The third-order valence-electron chi connectivity index (χ3n) is 6.65. The summed E-state index contributed by atoms with van der Waals surface area (Å²) < 4.78 is 5.19. The highest BCUT2D eigenvalue weighted by molar-refractivity contribution is 5.79. The molecule has 0 radical (unpaired) electrons. The predicted molar refractivity (Wildman–Crippen MR) is 134 cm³/mol. The van der Waals surface area contributed by atoms with E-state index in [9.17, 15) is 14.7 Å². The van der Waals surface area contributed by atoms with E-state index in [1.54, 1.807) is 0 Å². The van der Waals surface area contributed by atoms with Crippen molar-refractivity contribution in [2.45, 2.75) is 70.1 Å². The number of benzene rings is 1. The molecule has 4 rings (SSSR count). The van der Waals surface area contributed by atoms with Crippen molar-refractivity contribution in [3.8, 4) is 0 Å². The molecule has 2 heterocycles. The summed E-state index contributed by atoms with van der Waals surface area (Å²) in [4.78, 5) is 31.0. The van der Waals surface area contributed by atoms with Gasteiger partial charge in [-0.2, -0.15) is 0 Å². The number of ether oxygens (including phenoxy) is 1. The molecule has 1 aromatic heterocycles. The first-order valence-electron chi connectivity index (χ1n) is 12.8. The summed E-state index contributed by atoms with van der Waals surface area (Å²) in [5.41, 5.74) is 3.29. The van der Waals surface area contributed by atoms with Crippen molar-refractivity contribution < 1.29 is 19.4 Å². The number of pyridine rings is 1. The zero-order valence-electron chi connectivity index (χ0n) is 20.2. The molecular weight excluding hydrogens is 444 g/mol. The lowest BCUT2D eigenvalue weighted by Gasteiger charge is -2.24. The van der Waals surface area contributed by atoms with Gasteiger partial charge in [-0.25, -0.2) is 14.6 Å². The molecule has 1 atom stereocenters. The van der Waals surface area contributed by atoms with E-state index in [1.165, 1.54) is 5.56 Å². The van der Waals surface area contributed by atoms with Crippen molar-refractivity contribution in [2.75, 3.05) is 25.0 Å². The Morgan fingerprint density at radius 1 is 1.14 bits per heavy atom. The van der Waals surface area contributed by atoms with E-state index < -0.39 is 18.1 Å². The predicted octanol–water partition coefficient (Wildman–Crippen LogP) is 4.00. The van der Waals surface area contributed by atoms with E-state index in [0.29, 0.717) is 19.0 Å². The maximum absolute atomic E-state index is 12.1. The number of alkyl carbamates (subject to hydrolysis) is 1. The molecule has 8 heteroatoms. The van der Waals surface area contributed by atoms with Crippen molar-refractivity contribution in [2.24, 2.45) is 0 Å². The Kier molecular flexibility index (Phi) is 8.95. The fraction of sp³-hybridized carbons (Fsp3) is 0.519. The Labute approximate surface area is 207 Å². The molecule has 2 aromatic rings. The van der Waals surface area contributed by atoms with Gasteiger partial charge < -0.3 is 25.4 Å². The minimum Gasteiger partial charge on any atom is -0.480 e. The zero-order chi connectivity index (χ0) is 24.5. The van der Waals surface area contributed by atoms with Crippen LogP contribution >= 0.6 is 0 Å². The lowest BCUT2D eigenvalue weighted by atomic mass is 10.1. The second-order valence-corrected chi connectivity index (χ2v) is 9.45. The Bertz CT molecular complexity index is 980. The van der Waals surface area contributed by atoms with Gasteiger partial charge >= 0.3 is 12.1 Å². The topological polar surface area (TPSA) is 104 Å². The molecule has 2 aliphatic rings. The quantitative estimate of drug-likeness (QED) is 0.372. The number of anilines is 1. The van der Waals surface area contributed by atoms with Crippen LogP contribution in [0.3, 0.4) is 0 Å². The smallest absolute Gasteiger partial charge is 0.408 e. The van der Waals surface area contributed by atoms with Crippen molar-refractivity contribution in [1.29, 1.82) is 0 Å². The SMILES string of the molecule is O=C(N[C@@H](CCN(CCCCc1ccc2c(n1)NCCC2)C1CC1)C(=O)O)OCc1ccccc1. The van der Waals surface area contributed by atoms with Crippen LogP contribution < -0.4 is 10.6 Å². The van der Waals surface area contributed by atoms with Crippen molar-refractivity contribution in [3.63, 3.8) is 0 Å². The molecule has 1 aliphatic heterocycles. The van der Waals surface area contributed by atoms with Gasteiger partial charge in [0, 0.05) is 24.8 Å². The Morgan fingerprint density at radius 3 is 2.74 bits per heavy atom. The molecule has 0 unspecified atom stereocenters. The molecule has 3 N–H and O–H groups in total. The average molecular weight is 481 g/mol. The van der Waals surface area contributed by atoms with E-state index in [-0.39, 0.29) is 6.61 Å². The molecule has 35 heavy (non-hydrogen) atoms. The number of carboxylic acids is 1. The number of hydrogen-bond acceptors (Lipinski definition) is 6. The minimum atomic E-state index is -1.04. The molecule has 1 saturated carbocycles. The summed E-state index contributed by atoms with van der Waals surface area (Å²) >= 11 is 0. The number of nitrogens with zero attached hydrogens (tertiary/aromatic N) is 2. The number of fused-ring (bicyclic) bond motifs is 1. The maximum atomic E-state index is 12.1. The summed E-state index contributed by atoms with van der Waals surface area (Å²) in [6.45, 7) is 2.68. The summed E-state index contributed by atoms with van der Waals surface area (Å²) in [6.07, 6.45) is 7.25. The van der Waals surface area contributed by atoms with Crippen LogP contribution in [0, 0.1) is 0 Å². The Morgan fingerprint density at radius 2 is 1.97 bits per heavy atom. The standard InChI is InChI=1S/C27H36N4O4/c32-26(33)24(30-27(34)35-19-20-7-2-1-3-8-20)15-18-31(23-13-14-23)17-5-4-10-22-12-11-21-9-6-16-28-25(21)29-22/h1-3,7-8,11-12,23-24H,4-6,9-10,13-19H2,(H,28,29)(H,30,34)(H,32,33)/t24-/m0/s1. The molecule has 0 saturated heterocycles. The second-order valence-electron chi connectivity index (χ2n) is 9.45. The number of hydrogen-bond donors (Lipinski definition) is 3. The monoisotopic (exact) mass is 480 g/mol. The van der Waals surface area contributed by atoms with Crippen LogP contribution in [-0.2, 0) is 29.0 Å². The van der Waals surface area contributed by atoms with Gasteiger partial charge in [0.2, 0.25) is 0 Å². The highest BCUT2D eigenvalue weighted by atomic mass is 16.5. The highest BCUT2D eigenvalue weighted by Gasteiger charge is 2.30. The van der Waals surface area contributed by atoms with Crippen LogP contribution in [0.15, 0.2) is 42.5 Å². The first kappa shape index (κ1) is 25.0. The van der Waals surface area contributed by atoms with Crippen molar-refractivity contribution in [3.05, 3.63) is 59.3 Å². The molecule has 1 fully saturated rings. The third-order valence-corrected chi connectivity index (χ3v) is 6.65. The van der Waals surface area contributed by atoms with Crippen molar-refractivity contribution in [1.82, 2.24) is 15.2 Å². The second kappa shape index (κ2) is 12.5. The van der Waals surface area contributed by atoms with E-state index in [2.05, 4.69) is 27.7 Å². The Hall–Kier alpha value is -3.13. The van der Waals surface area contributed by atoms with Crippen LogP contribution in [0.5, 0.6) is 0 Å². The molecule has 0 bridgehead atoms. The summed E-state index contributed by atoms with van der Waals surface area (Å²) in [5.74, 6) is 0.00682. The van der Waals surface area contributed by atoms with E-state index in [4.69, 9.17) is 9.72 Å². The lowest BCUT2D eigenvalue weighted by Crippen LogP contribution is -2.43. The fourth-order valence-corrected chi connectivity index (χ4v) is 4.51. The first-order valence-corrected chi connectivity index (χ1v) is 12.8. The van der Waals surface area contributed by atoms with Crippen LogP contribution in [0.4, 0.5) is 10.6 Å². The third kappa shape index (κ3) is 7.96. The zero-order valence-corrected chi connectivity index (χ0v) is 20.2. The van der Waals surface area contributed by atoms with E-state index in [0.717, 1.165) is 75.1 Å². The minimum absolute atomic E-state index is 0.113. The van der Waals surface area contributed by atoms with Gasteiger partial charge in [-0.3, -0.25) is 0 Å². The number of carboxylic acid groups (broad SMARTS) is 1. The molecule has 1 amide bonds. The first-order chi connectivity index (χ1) is 17.1. The van der Waals surface area contributed by atoms with Gasteiger partial charge in [0.05, 0.1) is 0 Å². The van der Waals surface area contributed by atoms with Gasteiger partial charge in [-0.15, -0.1) is 0 Å².